The second-order valence-electron chi connectivity index (χ2n) is 5.60. The molecule has 0 saturated carbocycles. The van der Waals surface area contributed by atoms with Crippen LogP contribution in [0.2, 0.25) is 0 Å². The molecule has 0 saturated heterocycles. The number of anilines is 1. The monoisotopic (exact) mass is 313 g/mol. The second-order valence-corrected chi connectivity index (χ2v) is 5.60. The minimum absolute atomic E-state index is 0.130. The molecule has 0 unspecified atom stereocenters. The highest BCUT2D eigenvalue weighted by molar-refractivity contribution is 6.04. The molecule has 4 nitrogen and oxygen atoms in total. The number of benzene rings is 2. The lowest BCUT2D eigenvalue weighted by molar-refractivity contribution is 0.102. The molecule has 0 aromatic heterocycles. The van der Waals surface area contributed by atoms with Crippen molar-refractivity contribution in [1.82, 2.24) is 0 Å². The minimum atomic E-state index is -0.130. The zero-order valence-corrected chi connectivity index (χ0v) is 13.8. The Labute approximate surface area is 137 Å². The average Bonchev–Trinajstić information content (AvgIpc) is 2.55. The largest absolute Gasteiger partial charge is 0.491 e. The van der Waals surface area contributed by atoms with Crippen LogP contribution in [0.4, 0.5) is 5.69 Å². The first-order valence-electron chi connectivity index (χ1n) is 7.73. The Morgan fingerprint density at radius 3 is 2.48 bits per heavy atom. The molecular weight excluding hydrogens is 290 g/mol. The maximum absolute atomic E-state index is 12.3. The zero-order chi connectivity index (χ0) is 16.7. The molecule has 0 heterocycles. The van der Waals surface area contributed by atoms with E-state index in [1.807, 2.05) is 42.5 Å². The van der Waals surface area contributed by atoms with Crippen LogP contribution in [0, 0.1) is 0 Å². The topological polar surface area (TPSA) is 47.6 Å². The summed E-state index contributed by atoms with van der Waals surface area (Å²) < 4.78 is 10.5. The molecule has 4 heteroatoms. The Balaban J connectivity index is 2.00. The van der Waals surface area contributed by atoms with Crippen molar-refractivity contribution in [3.8, 4) is 5.75 Å². The van der Waals surface area contributed by atoms with Gasteiger partial charge in [-0.1, -0.05) is 32.0 Å². The molecule has 0 spiro atoms. The number of rotatable bonds is 7. The van der Waals surface area contributed by atoms with Gasteiger partial charge in [-0.25, -0.2) is 0 Å². The van der Waals surface area contributed by atoms with Gasteiger partial charge >= 0.3 is 0 Å². The number of nitrogens with one attached hydrogen (secondary N) is 1. The number of carbonyl (C=O) groups excluding carboxylic acids is 1. The van der Waals surface area contributed by atoms with Gasteiger partial charge in [-0.2, -0.15) is 0 Å². The fourth-order valence-electron chi connectivity index (χ4n) is 2.13. The zero-order valence-electron chi connectivity index (χ0n) is 13.8. The lowest BCUT2D eigenvalue weighted by Crippen LogP contribution is -2.12. The Bertz CT molecular complexity index is 635. The van der Waals surface area contributed by atoms with E-state index in [9.17, 15) is 4.79 Å². The van der Waals surface area contributed by atoms with Crippen molar-refractivity contribution in [2.75, 3.05) is 25.6 Å². The first kappa shape index (κ1) is 17.0. The third kappa shape index (κ3) is 5.11. The van der Waals surface area contributed by atoms with Gasteiger partial charge in [-0.05, 0) is 35.7 Å². The number of hydrogen-bond donors (Lipinski definition) is 1. The summed E-state index contributed by atoms with van der Waals surface area (Å²) in [5.41, 5.74) is 2.56. The van der Waals surface area contributed by atoms with Crippen LogP contribution in [0.5, 0.6) is 5.75 Å². The van der Waals surface area contributed by atoms with Crippen molar-refractivity contribution in [1.29, 1.82) is 0 Å². The van der Waals surface area contributed by atoms with Gasteiger partial charge < -0.3 is 14.8 Å². The van der Waals surface area contributed by atoms with Crippen LogP contribution < -0.4 is 10.1 Å². The van der Waals surface area contributed by atoms with Crippen LogP contribution in [0.25, 0.3) is 0 Å². The maximum Gasteiger partial charge on any atom is 0.255 e. The summed E-state index contributed by atoms with van der Waals surface area (Å²) in [7, 11) is 1.63. The molecule has 0 aliphatic carbocycles. The van der Waals surface area contributed by atoms with Gasteiger partial charge in [0.2, 0.25) is 0 Å². The summed E-state index contributed by atoms with van der Waals surface area (Å²) in [6, 6.07) is 15.0. The number of hydrogen-bond acceptors (Lipinski definition) is 3. The highest BCUT2D eigenvalue weighted by atomic mass is 16.5. The van der Waals surface area contributed by atoms with Crippen molar-refractivity contribution in [2.24, 2.45) is 0 Å². The van der Waals surface area contributed by atoms with Crippen LogP contribution in [-0.2, 0) is 4.74 Å². The van der Waals surface area contributed by atoms with E-state index in [0.29, 0.717) is 36.1 Å². The van der Waals surface area contributed by atoms with Gasteiger partial charge in [-0.15, -0.1) is 0 Å². The Kier molecular flexibility index (Phi) is 6.18. The molecule has 23 heavy (non-hydrogen) atoms. The van der Waals surface area contributed by atoms with E-state index in [2.05, 4.69) is 19.2 Å². The van der Waals surface area contributed by atoms with Crippen LogP contribution >= 0.6 is 0 Å². The van der Waals surface area contributed by atoms with Gasteiger partial charge in [0.25, 0.3) is 5.91 Å². The molecule has 122 valence electrons. The summed E-state index contributed by atoms with van der Waals surface area (Å²) in [6.07, 6.45) is 0. The molecule has 0 aliphatic heterocycles. The van der Waals surface area contributed by atoms with Crippen LogP contribution in [0.15, 0.2) is 48.5 Å². The van der Waals surface area contributed by atoms with Gasteiger partial charge in [0, 0.05) is 24.4 Å². The van der Waals surface area contributed by atoms with Crippen LogP contribution in [0.1, 0.15) is 35.7 Å². The summed E-state index contributed by atoms with van der Waals surface area (Å²) in [5.74, 6) is 1.03. The molecule has 1 amide bonds. The summed E-state index contributed by atoms with van der Waals surface area (Å²) in [4.78, 5) is 12.3. The minimum Gasteiger partial charge on any atom is -0.491 e. The molecule has 0 aliphatic rings. The van der Waals surface area contributed by atoms with Gasteiger partial charge in [-0.3, -0.25) is 4.79 Å². The Morgan fingerprint density at radius 1 is 1.09 bits per heavy atom. The molecule has 0 atom stereocenters. The summed E-state index contributed by atoms with van der Waals surface area (Å²) >= 11 is 0. The van der Waals surface area contributed by atoms with Crippen LogP contribution in [0.3, 0.4) is 0 Å². The normalized spacial score (nSPS) is 10.6. The quantitative estimate of drug-likeness (QED) is 0.783. The second kappa shape index (κ2) is 8.34. The highest BCUT2D eigenvalue weighted by Crippen LogP contribution is 2.19. The fraction of sp³-hybridized carbons (Fsp3) is 0.316. The van der Waals surface area contributed by atoms with E-state index in [1.54, 1.807) is 13.2 Å². The number of methoxy groups -OCH3 is 1. The molecule has 0 bridgehead atoms. The first-order valence-corrected chi connectivity index (χ1v) is 7.73. The van der Waals surface area contributed by atoms with Crippen LogP contribution in [-0.4, -0.2) is 26.2 Å². The number of amides is 1. The van der Waals surface area contributed by atoms with E-state index in [-0.39, 0.29) is 5.91 Å². The SMILES string of the molecule is COCCOc1cccc(NC(=O)c2ccc(C(C)C)cc2)c1. The van der Waals surface area contributed by atoms with Gasteiger partial charge in [0.15, 0.2) is 0 Å². The standard InChI is InChI=1S/C19H23NO3/c1-14(2)15-7-9-16(10-8-15)19(21)20-17-5-4-6-18(13-17)23-12-11-22-3/h4-10,13-14H,11-12H2,1-3H3,(H,20,21). The van der Waals surface area contributed by atoms with E-state index in [4.69, 9.17) is 9.47 Å². The first-order chi connectivity index (χ1) is 11.1. The van der Waals surface area contributed by atoms with Crippen molar-refractivity contribution < 1.29 is 14.3 Å². The van der Waals surface area contributed by atoms with Crippen molar-refractivity contribution in [2.45, 2.75) is 19.8 Å². The maximum atomic E-state index is 12.3. The third-order valence-corrected chi connectivity index (χ3v) is 3.49. The third-order valence-electron chi connectivity index (χ3n) is 3.49. The van der Waals surface area contributed by atoms with Gasteiger partial charge in [0.05, 0.1) is 6.61 Å². The summed E-state index contributed by atoms with van der Waals surface area (Å²) in [6.45, 7) is 5.26. The Hall–Kier alpha value is -2.33. The fourth-order valence-corrected chi connectivity index (χ4v) is 2.13. The molecular formula is C19H23NO3. The predicted molar refractivity (Wildman–Crippen MR) is 92.3 cm³/mol. The number of ether oxygens (including phenoxy) is 2. The lowest BCUT2D eigenvalue weighted by Gasteiger charge is -2.10. The molecule has 2 aromatic carbocycles. The summed E-state index contributed by atoms with van der Waals surface area (Å²) in [5, 5.41) is 2.89. The van der Waals surface area contributed by atoms with Crippen molar-refractivity contribution in [3.63, 3.8) is 0 Å². The number of carbonyl (C=O) groups is 1. The predicted octanol–water partition coefficient (Wildman–Crippen LogP) is 4.09. The molecule has 1 N–H and O–H groups in total. The average molecular weight is 313 g/mol. The van der Waals surface area contributed by atoms with E-state index in [1.165, 1.54) is 5.56 Å². The van der Waals surface area contributed by atoms with Crippen molar-refractivity contribution in [3.05, 3.63) is 59.7 Å². The lowest BCUT2D eigenvalue weighted by atomic mass is 10.0. The van der Waals surface area contributed by atoms with E-state index >= 15 is 0 Å². The molecule has 2 rings (SSSR count). The molecule has 2 aromatic rings. The van der Waals surface area contributed by atoms with Crippen molar-refractivity contribution >= 4 is 11.6 Å². The van der Waals surface area contributed by atoms with Gasteiger partial charge in [0.1, 0.15) is 12.4 Å². The molecule has 0 fully saturated rings. The van der Waals surface area contributed by atoms with E-state index in [0.717, 1.165) is 0 Å². The smallest absolute Gasteiger partial charge is 0.255 e. The van der Waals surface area contributed by atoms with E-state index < -0.39 is 0 Å². The molecule has 0 radical (unpaired) electrons. The highest BCUT2D eigenvalue weighted by Gasteiger charge is 2.07. The Morgan fingerprint density at radius 2 is 1.83 bits per heavy atom.